The van der Waals surface area contributed by atoms with Gasteiger partial charge in [0.1, 0.15) is 0 Å². The summed E-state index contributed by atoms with van der Waals surface area (Å²) < 4.78 is 27.2. The molecule has 2 rings (SSSR count). The van der Waals surface area contributed by atoms with Crippen LogP contribution in [0.5, 0.6) is 0 Å². The molecule has 0 amide bonds. The Morgan fingerprint density at radius 3 is 2.35 bits per heavy atom. The zero-order valence-electron chi connectivity index (χ0n) is 12.8. The van der Waals surface area contributed by atoms with Crippen LogP contribution in [0.3, 0.4) is 0 Å². The number of hydrogen-bond donors (Lipinski definition) is 1. The average molecular weight is 295 g/mol. The summed E-state index contributed by atoms with van der Waals surface area (Å²) in [6.45, 7) is 8.36. The Labute approximate surface area is 120 Å². The molecule has 0 atom stereocenters. The van der Waals surface area contributed by atoms with Crippen LogP contribution in [0.15, 0.2) is 12.1 Å². The van der Waals surface area contributed by atoms with Crippen molar-refractivity contribution in [3.63, 3.8) is 0 Å². The molecule has 110 valence electrons. The molecule has 0 unspecified atom stereocenters. The molecule has 5 nitrogen and oxygen atoms in total. The smallest absolute Gasteiger partial charge is 0.231 e. The van der Waals surface area contributed by atoms with Crippen molar-refractivity contribution in [3.05, 3.63) is 23.3 Å². The Balaban J connectivity index is 2.83. The van der Waals surface area contributed by atoms with Gasteiger partial charge in [-0.3, -0.25) is 9.40 Å². The highest BCUT2D eigenvalue weighted by Crippen LogP contribution is 2.35. The van der Waals surface area contributed by atoms with Crippen molar-refractivity contribution >= 4 is 26.7 Å². The Morgan fingerprint density at radius 2 is 1.85 bits per heavy atom. The minimum atomic E-state index is -3.35. The number of sulfonamides is 1. The first-order chi connectivity index (χ1) is 9.00. The molecule has 0 radical (unpaired) electrons. The van der Waals surface area contributed by atoms with Crippen molar-refractivity contribution < 1.29 is 8.42 Å². The molecule has 0 aliphatic carbocycles. The topological polar surface area (TPSA) is 64.0 Å². The Kier molecular flexibility index (Phi) is 3.32. The lowest BCUT2D eigenvalue weighted by Crippen LogP contribution is -2.13. The fraction of sp³-hybridized carbons (Fsp3) is 0.500. The van der Waals surface area contributed by atoms with Crippen molar-refractivity contribution in [1.29, 1.82) is 0 Å². The van der Waals surface area contributed by atoms with Crippen molar-refractivity contribution in [2.24, 2.45) is 7.05 Å². The first-order valence-corrected chi connectivity index (χ1v) is 8.34. The average Bonchev–Trinajstić information content (AvgIpc) is 2.53. The SMILES string of the molecule is Cc1ccc(C(C)(C)C)c2c1c(NS(C)(=O)=O)nn2C. The maximum Gasteiger partial charge on any atom is 0.231 e. The van der Waals surface area contributed by atoms with Gasteiger partial charge in [-0.1, -0.05) is 32.9 Å². The number of nitrogens with one attached hydrogen (secondary N) is 1. The van der Waals surface area contributed by atoms with Crippen molar-refractivity contribution in [1.82, 2.24) is 9.78 Å². The summed E-state index contributed by atoms with van der Waals surface area (Å²) in [6.07, 6.45) is 1.14. The Morgan fingerprint density at radius 1 is 1.25 bits per heavy atom. The van der Waals surface area contributed by atoms with E-state index >= 15 is 0 Å². The molecule has 6 heteroatoms. The molecule has 1 heterocycles. The molecule has 1 aromatic carbocycles. The molecule has 0 saturated carbocycles. The third-order valence-corrected chi connectivity index (χ3v) is 3.85. The van der Waals surface area contributed by atoms with Crippen LogP contribution in [0, 0.1) is 6.92 Å². The number of aryl methyl sites for hydroxylation is 2. The summed E-state index contributed by atoms with van der Waals surface area (Å²) in [5.74, 6) is 0.397. The van der Waals surface area contributed by atoms with Gasteiger partial charge in [0.25, 0.3) is 0 Å². The van der Waals surface area contributed by atoms with Crippen LogP contribution in [0.4, 0.5) is 5.82 Å². The number of fused-ring (bicyclic) bond motifs is 1. The zero-order chi connectivity index (χ0) is 15.3. The number of nitrogens with zero attached hydrogens (tertiary/aromatic N) is 2. The molecule has 0 aliphatic rings. The largest absolute Gasteiger partial charge is 0.266 e. The summed E-state index contributed by atoms with van der Waals surface area (Å²) in [5.41, 5.74) is 3.09. The van der Waals surface area contributed by atoms with E-state index in [1.165, 1.54) is 0 Å². The predicted octanol–water partition coefficient (Wildman–Crippen LogP) is 2.55. The minimum Gasteiger partial charge on any atom is -0.266 e. The van der Waals surface area contributed by atoms with Crippen LogP contribution in [0.25, 0.3) is 10.9 Å². The summed E-state index contributed by atoms with van der Waals surface area (Å²) in [7, 11) is -1.51. The van der Waals surface area contributed by atoms with Gasteiger partial charge in [-0.25, -0.2) is 8.42 Å². The highest BCUT2D eigenvalue weighted by atomic mass is 32.2. The molecule has 1 N–H and O–H groups in total. The van der Waals surface area contributed by atoms with Crippen LogP contribution >= 0.6 is 0 Å². The lowest BCUT2D eigenvalue weighted by Gasteiger charge is -2.21. The quantitative estimate of drug-likeness (QED) is 0.926. The third kappa shape index (κ3) is 2.65. The highest BCUT2D eigenvalue weighted by Gasteiger charge is 2.23. The molecule has 0 fully saturated rings. The van der Waals surface area contributed by atoms with Gasteiger partial charge < -0.3 is 0 Å². The van der Waals surface area contributed by atoms with E-state index in [2.05, 4.69) is 36.7 Å². The van der Waals surface area contributed by atoms with Gasteiger partial charge in [0, 0.05) is 12.4 Å². The van der Waals surface area contributed by atoms with Crippen LogP contribution in [-0.2, 0) is 22.5 Å². The molecule has 0 bridgehead atoms. The maximum atomic E-state index is 11.5. The molecular weight excluding hydrogens is 274 g/mol. The van der Waals surface area contributed by atoms with Gasteiger partial charge in [-0.05, 0) is 23.5 Å². The third-order valence-electron chi connectivity index (χ3n) is 3.29. The number of rotatable bonds is 2. The van der Waals surface area contributed by atoms with Gasteiger partial charge in [0.2, 0.25) is 10.0 Å². The van der Waals surface area contributed by atoms with E-state index in [0.717, 1.165) is 28.3 Å². The van der Waals surface area contributed by atoms with E-state index in [1.807, 2.05) is 20.0 Å². The van der Waals surface area contributed by atoms with E-state index in [1.54, 1.807) is 4.68 Å². The monoisotopic (exact) mass is 295 g/mol. The van der Waals surface area contributed by atoms with E-state index in [4.69, 9.17) is 0 Å². The number of anilines is 1. The van der Waals surface area contributed by atoms with E-state index in [9.17, 15) is 8.42 Å². The van der Waals surface area contributed by atoms with Crippen LogP contribution in [0.1, 0.15) is 31.9 Å². The van der Waals surface area contributed by atoms with Gasteiger partial charge >= 0.3 is 0 Å². The number of benzene rings is 1. The van der Waals surface area contributed by atoms with Crippen LogP contribution in [0.2, 0.25) is 0 Å². The lowest BCUT2D eigenvalue weighted by atomic mass is 9.85. The van der Waals surface area contributed by atoms with E-state index < -0.39 is 10.0 Å². The van der Waals surface area contributed by atoms with Gasteiger partial charge in [0.05, 0.1) is 11.8 Å². The van der Waals surface area contributed by atoms with E-state index in [0.29, 0.717) is 5.82 Å². The highest BCUT2D eigenvalue weighted by molar-refractivity contribution is 7.92. The molecule has 0 saturated heterocycles. The van der Waals surface area contributed by atoms with Crippen molar-refractivity contribution in [2.45, 2.75) is 33.1 Å². The van der Waals surface area contributed by atoms with Crippen molar-refractivity contribution in [2.75, 3.05) is 11.0 Å². The lowest BCUT2D eigenvalue weighted by molar-refractivity contribution is 0.590. The summed E-state index contributed by atoms with van der Waals surface area (Å²) >= 11 is 0. The molecule has 0 aliphatic heterocycles. The summed E-state index contributed by atoms with van der Waals surface area (Å²) in [6, 6.07) is 4.10. The first kappa shape index (κ1) is 14.8. The second kappa shape index (κ2) is 4.48. The number of hydrogen-bond acceptors (Lipinski definition) is 3. The minimum absolute atomic E-state index is 0.0396. The van der Waals surface area contributed by atoms with Gasteiger partial charge in [-0.15, -0.1) is 0 Å². The molecule has 1 aromatic heterocycles. The fourth-order valence-electron chi connectivity index (χ4n) is 2.43. The maximum absolute atomic E-state index is 11.5. The van der Waals surface area contributed by atoms with Gasteiger partial charge in [0.15, 0.2) is 5.82 Å². The summed E-state index contributed by atoms with van der Waals surface area (Å²) in [5, 5.41) is 5.20. The number of aromatic nitrogens is 2. The zero-order valence-corrected chi connectivity index (χ0v) is 13.6. The van der Waals surface area contributed by atoms with Crippen LogP contribution < -0.4 is 4.72 Å². The molecule has 2 aromatic rings. The first-order valence-electron chi connectivity index (χ1n) is 6.45. The molecule has 20 heavy (non-hydrogen) atoms. The fourth-order valence-corrected chi connectivity index (χ4v) is 2.92. The normalized spacial score (nSPS) is 12.9. The second-order valence-corrected chi connectivity index (χ2v) is 8.00. The van der Waals surface area contributed by atoms with Crippen LogP contribution in [-0.4, -0.2) is 24.5 Å². The molecule has 0 spiro atoms. The molecular formula is C14H21N3O2S. The Hall–Kier alpha value is -1.56. The standard InChI is InChI=1S/C14H21N3O2S/c1-9-7-8-10(14(2,3)4)12-11(9)13(15-17(12)5)16-20(6,18)19/h7-8H,1-6H3,(H,15,16). The Bertz CT molecular complexity index is 768. The second-order valence-electron chi connectivity index (χ2n) is 6.25. The van der Waals surface area contributed by atoms with Gasteiger partial charge in [-0.2, -0.15) is 5.10 Å². The van der Waals surface area contributed by atoms with E-state index in [-0.39, 0.29) is 5.41 Å². The van der Waals surface area contributed by atoms with Crippen molar-refractivity contribution in [3.8, 4) is 0 Å². The summed E-state index contributed by atoms with van der Waals surface area (Å²) in [4.78, 5) is 0. The predicted molar refractivity (Wildman–Crippen MR) is 82.6 cm³/mol.